The largest absolute Gasteiger partial charge is 0.466 e. The first-order valence-electron chi connectivity index (χ1n) is 6.68. The van der Waals surface area contributed by atoms with Crippen molar-refractivity contribution in [3.63, 3.8) is 0 Å². The quantitative estimate of drug-likeness (QED) is 0.397. The van der Waals surface area contributed by atoms with Crippen LogP contribution in [0.1, 0.15) is 49.4 Å². The van der Waals surface area contributed by atoms with Gasteiger partial charge in [0.25, 0.3) is 0 Å². The van der Waals surface area contributed by atoms with Crippen molar-refractivity contribution in [2.45, 2.75) is 39.0 Å². The number of esters is 1. The normalized spacial score (nSPS) is 10.3. The molecule has 5 heteroatoms. The van der Waals surface area contributed by atoms with Crippen molar-refractivity contribution in [2.75, 3.05) is 6.61 Å². The first kappa shape index (κ1) is 17.0. The summed E-state index contributed by atoms with van der Waals surface area (Å²) in [4.78, 5) is 23.1. The lowest BCUT2D eigenvalue weighted by atomic mass is 10.0. The standard InChI is InChI=1S/C15H18Cl2O3/c1-2-20-15(19)7-5-3-4-6-14(18)11-8-12(16)10-13(17)9-11/h8-10H,2-7H2,1H3. The van der Waals surface area contributed by atoms with E-state index < -0.39 is 0 Å². The van der Waals surface area contributed by atoms with Gasteiger partial charge in [-0.25, -0.2) is 0 Å². The van der Waals surface area contributed by atoms with Crippen molar-refractivity contribution in [2.24, 2.45) is 0 Å². The van der Waals surface area contributed by atoms with Gasteiger partial charge in [-0.2, -0.15) is 0 Å². The highest BCUT2D eigenvalue weighted by atomic mass is 35.5. The second-order valence-electron chi connectivity index (χ2n) is 4.45. The molecule has 0 radical (unpaired) electrons. The van der Waals surface area contributed by atoms with E-state index in [0.29, 0.717) is 35.1 Å². The Labute approximate surface area is 129 Å². The fourth-order valence-corrected chi connectivity index (χ4v) is 2.35. The number of Topliss-reactive ketones (excluding diaryl/α,β-unsaturated/α-hetero) is 1. The van der Waals surface area contributed by atoms with E-state index >= 15 is 0 Å². The predicted octanol–water partition coefficient (Wildman–Crippen LogP) is 4.69. The number of hydrogen-bond acceptors (Lipinski definition) is 3. The fourth-order valence-electron chi connectivity index (χ4n) is 1.82. The summed E-state index contributed by atoms with van der Waals surface area (Å²) in [6.07, 6.45) is 3.13. The number of carbonyl (C=O) groups excluding carboxylic acids is 2. The maximum atomic E-state index is 11.9. The van der Waals surface area contributed by atoms with E-state index in [0.717, 1.165) is 19.3 Å². The molecule has 0 aliphatic carbocycles. The van der Waals surface area contributed by atoms with Crippen LogP contribution in [0.15, 0.2) is 18.2 Å². The summed E-state index contributed by atoms with van der Waals surface area (Å²) in [6, 6.07) is 4.84. The molecule has 0 aliphatic rings. The van der Waals surface area contributed by atoms with E-state index in [2.05, 4.69) is 0 Å². The summed E-state index contributed by atoms with van der Waals surface area (Å²) in [6.45, 7) is 2.19. The lowest BCUT2D eigenvalue weighted by molar-refractivity contribution is -0.143. The third-order valence-electron chi connectivity index (χ3n) is 2.77. The van der Waals surface area contributed by atoms with Crippen LogP contribution in [0.3, 0.4) is 0 Å². The van der Waals surface area contributed by atoms with E-state index in [9.17, 15) is 9.59 Å². The summed E-state index contributed by atoms with van der Waals surface area (Å²) in [5, 5.41) is 0.923. The first-order chi connectivity index (χ1) is 9.52. The van der Waals surface area contributed by atoms with Crippen molar-refractivity contribution in [3.8, 4) is 0 Å². The molecule has 0 amide bonds. The van der Waals surface area contributed by atoms with Crippen LogP contribution < -0.4 is 0 Å². The molecule has 3 nitrogen and oxygen atoms in total. The third kappa shape index (κ3) is 6.40. The first-order valence-corrected chi connectivity index (χ1v) is 7.43. The highest BCUT2D eigenvalue weighted by molar-refractivity contribution is 6.35. The molecule has 20 heavy (non-hydrogen) atoms. The van der Waals surface area contributed by atoms with Crippen LogP contribution in [0.4, 0.5) is 0 Å². The molecule has 0 spiro atoms. The smallest absolute Gasteiger partial charge is 0.305 e. The average molecular weight is 317 g/mol. The minimum Gasteiger partial charge on any atom is -0.466 e. The van der Waals surface area contributed by atoms with Gasteiger partial charge in [-0.3, -0.25) is 9.59 Å². The van der Waals surface area contributed by atoms with Crippen LogP contribution in [-0.2, 0) is 9.53 Å². The van der Waals surface area contributed by atoms with Gasteiger partial charge in [-0.1, -0.05) is 29.6 Å². The number of carbonyl (C=O) groups is 2. The molecule has 0 saturated carbocycles. The van der Waals surface area contributed by atoms with Crippen LogP contribution >= 0.6 is 23.2 Å². The molecule has 1 rings (SSSR count). The van der Waals surface area contributed by atoms with Crippen molar-refractivity contribution in [3.05, 3.63) is 33.8 Å². The van der Waals surface area contributed by atoms with Gasteiger partial charge in [0, 0.05) is 28.5 Å². The van der Waals surface area contributed by atoms with Crippen molar-refractivity contribution < 1.29 is 14.3 Å². The molecule has 0 saturated heterocycles. The van der Waals surface area contributed by atoms with E-state index in [4.69, 9.17) is 27.9 Å². The van der Waals surface area contributed by atoms with Gasteiger partial charge in [0.15, 0.2) is 5.78 Å². The van der Waals surface area contributed by atoms with Crippen molar-refractivity contribution >= 4 is 35.0 Å². The van der Waals surface area contributed by atoms with Crippen LogP contribution in [0.25, 0.3) is 0 Å². The van der Waals surface area contributed by atoms with E-state index in [1.165, 1.54) is 0 Å². The second-order valence-corrected chi connectivity index (χ2v) is 5.32. The Morgan fingerprint density at radius 1 is 1.00 bits per heavy atom. The Kier molecular flexibility index (Phi) is 7.63. The highest BCUT2D eigenvalue weighted by Crippen LogP contribution is 2.20. The zero-order valence-corrected chi connectivity index (χ0v) is 13.0. The molecular weight excluding hydrogens is 299 g/mol. The van der Waals surface area contributed by atoms with Gasteiger partial charge < -0.3 is 4.74 Å². The second kappa shape index (κ2) is 8.98. The van der Waals surface area contributed by atoms with Gasteiger partial charge in [0.1, 0.15) is 0 Å². The number of benzene rings is 1. The zero-order chi connectivity index (χ0) is 15.0. The minimum absolute atomic E-state index is 0.0190. The lowest BCUT2D eigenvalue weighted by Crippen LogP contribution is -2.03. The van der Waals surface area contributed by atoms with E-state index in [1.54, 1.807) is 25.1 Å². The summed E-state index contributed by atoms with van der Waals surface area (Å²) in [5.74, 6) is -0.161. The molecular formula is C15H18Cl2O3. The molecule has 0 heterocycles. The summed E-state index contributed by atoms with van der Waals surface area (Å²) in [5.41, 5.74) is 0.535. The summed E-state index contributed by atoms with van der Waals surface area (Å²) in [7, 11) is 0. The van der Waals surface area contributed by atoms with Crippen LogP contribution in [0.5, 0.6) is 0 Å². The lowest BCUT2D eigenvalue weighted by Gasteiger charge is -2.04. The molecule has 0 aromatic heterocycles. The van der Waals surface area contributed by atoms with E-state index in [-0.39, 0.29) is 11.8 Å². The Balaban J connectivity index is 2.28. The molecule has 0 fully saturated rings. The minimum atomic E-state index is -0.180. The molecule has 0 atom stereocenters. The molecule has 0 bridgehead atoms. The topological polar surface area (TPSA) is 43.4 Å². The Bertz CT molecular complexity index is 452. The van der Waals surface area contributed by atoms with Crippen molar-refractivity contribution in [1.82, 2.24) is 0 Å². The van der Waals surface area contributed by atoms with Gasteiger partial charge >= 0.3 is 5.97 Å². The number of halogens is 2. The average Bonchev–Trinajstić information content (AvgIpc) is 2.37. The van der Waals surface area contributed by atoms with Gasteiger partial charge in [0.05, 0.1) is 6.61 Å². The monoisotopic (exact) mass is 316 g/mol. The summed E-state index contributed by atoms with van der Waals surface area (Å²) >= 11 is 11.7. The zero-order valence-electron chi connectivity index (χ0n) is 11.5. The molecule has 0 aliphatic heterocycles. The predicted molar refractivity (Wildman–Crippen MR) is 80.5 cm³/mol. The maximum Gasteiger partial charge on any atom is 0.305 e. The Morgan fingerprint density at radius 3 is 2.20 bits per heavy atom. The van der Waals surface area contributed by atoms with E-state index in [1.807, 2.05) is 0 Å². The number of ketones is 1. The highest BCUT2D eigenvalue weighted by Gasteiger charge is 2.08. The Morgan fingerprint density at radius 2 is 1.60 bits per heavy atom. The molecule has 110 valence electrons. The third-order valence-corrected chi connectivity index (χ3v) is 3.21. The van der Waals surface area contributed by atoms with Crippen molar-refractivity contribution in [1.29, 1.82) is 0 Å². The van der Waals surface area contributed by atoms with Crippen LogP contribution in [0, 0.1) is 0 Å². The Hall–Kier alpha value is -1.06. The van der Waals surface area contributed by atoms with Crippen LogP contribution in [-0.4, -0.2) is 18.4 Å². The molecule has 0 unspecified atom stereocenters. The SMILES string of the molecule is CCOC(=O)CCCCCC(=O)c1cc(Cl)cc(Cl)c1. The van der Waals surface area contributed by atoms with Crippen LogP contribution in [0.2, 0.25) is 10.0 Å². The maximum absolute atomic E-state index is 11.9. The summed E-state index contributed by atoms with van der Waals surface area (Å²) < 4.78 is 4.83. The number of unbranched alkanes of at least 4 members (excludes halogenated alkanes) is 2. The number of rotatable bonds is 8. The fraction of sp³-hybridized carbons (Fsp3) is 0.467. The molecule has 0 N–H and O–H groups in total. The molecule has 1 aromatic rings. The van der Waals surface area contributed by atoms with Gasteiger partial charge in [-0.15, -0.1) is 0 Å². The molecule has 1 aromatic carbocycles. The number of hydrogen-bond donors (Lipinski definition) is 0. The van der Waals surface area contributed by atoms with Gasteiger partial charge in [-0.05, 0) is 38.0 Å². The van der Waals surface area contributed by atoms with Gasteiger partial charge in [0.2, 0.25) is 0 Å². The number of ether oxygens (including phenoxy) is 1.